The van der Waals surface area contributed by atoms with Gasteiger partial charge in [0.25, 0.3) is 0 Å². The summed E-state index contributed by atoms with van der Waals surface area (Å²) in [5, 5.41) is 3.58. The smallest absolute Gasteiger partial charge is 0.339 e. The summed E-state index contributed by atoms with van der Waals surface area (Å²) in [6, 6.07) is 3.85. The molecule has 0 saturated carbocycles. The fourth-order valence-electron chi connectivity index (χ4n) is 4.07. The number of hydrogen-bond acceptors (Lipinski definition) is 5. The molecule has 29 heavy (non-hydrogen) atoms. The zero-order valence-electron chi connectivity index (χ0n) is 17.1. The number of carbonyl (C=O) groups is 2. The van der Waals surface area contributed by atoms with E-state index in [1.165, 1.54) is 4.90 Å². The van der Waals surface area contributed by atoms with Gasteiger partial charge in [0.05, 0.1) is 6.54 Å². The summed E-state index contributed by atoms with van der Waals surface area (Å²) in [6.45, 7) is 7.03. The van der Waals surface area contributed by atoms with Crippen LogP contribution in [0.4, 0.5) is 0 Å². The van der Waals surface area contributed by atoms with Gasteiger partial charge in [0.1, 0.15) is 16.9 Å². The number of piperazine rings is 1. The highest BCUT2D eigenvalue weighted by Gasteiger charge is 2.28. The van der Waals surface area contributed by atoms with Crippen molar-refractivity contribution < 1.29 is 18.7 Å². The van der Waals surface area contributed by atoms with E-state index in [9.17, 15) is 14.4 Å². The third-order valence-electron chi connectivity index (χ3n) is 5.83. The molecule has 7 nitrogen and oxygen atoms in total. The Labute approximate surface area is 169 Å². The highest BCUT2D eigenvalue weighted by molar-refractivity contribution is 5.86. The van der Waals surface area contributed by atoms with E-state index in [-0.39, 0.29) is 30.4 Å². The Morgan fingerprint density at radius 1 is 1.28 bits per heavy atom. The van der Waals surface area contributed by atoms with Crippen LogP contribution in [-0.2, 0) is 22.4 Å². The van der Waals surface area contributed by atoms with Crippen LogP contribution in [0.5, 0.6) is 5.75 Å². The topological polar surface area (TPSA) is 88.9 Å². The van der Waals surface area contributed by atoms with Crippen molar-refractivity contribution in [3.8, 4) is 5.75 Å². The van der Waals surface area contributed by atoms with E-state index in [2.05, 4.69) is 5.32 Å². The molecule has 0 radical (unpaired) electrons. The molecule has 0 aliphatic carbocycles. The molecule has 7 heteroatoms. The number of fused-ring (bicyclic) bond motifs is 2. The molecule has 1 N–H and O–H groups in total. The quantitative estimate of drug-likeness (QED) is 0.800. The van der Waals surface area contributed by atoms with Crippen molar-refractivity contribution in [2.75, 3.05) is 19.6 Å². The molecular weight excluding hydrogens is 372 g/mol. The number of carbonyl (C=O) groups excluding carboxylic acids is 2. The standard InChI is InChI=1S/C22H26N2O5/c1-13-15(4-5-20(26)24-9-8-23-19(25)12-24)21(27)28-18-11-17-14(10-16(13)18)6-7-22(2,3)29-17/h10-11H,4-9,12H2,1-3H3,(H,23,25). The summed E-state index contributed by atoms with van der Waals surface area (Å²) >= 11 is 0. The molecule has 1 aromatic carbocycles. The van der Waals surface area contributed by atoms with Gasteiger partial charge in [-0.15, -0.1) is 0 Å². The highest BCUT2D eigenvalue weighted by atomic mass is 16.5. The lowest BCUT2D eigenvalue weighted by Crippen LogP contribution is -2.50. The van der Waals surface area contributed by atoms with Gasteiger partial charge in [0, 0.05) is 36.5 Å². The minimum Gasteiger partial charge on any atom is -0.487 e. The number of nitrogens with zero attached hydrogens (tertiary/aromatic N) is 1. The van der Waals surface area contributed by atoms with Crippen LogP contribution in [0.2, 0.25) is 0 Å². The van der Waals surface area contributed by atoms with Crippen LogP contribution in [0.15, 0.2) is 21.3 Å². The number of rotatable bonds is 3. The van der Waals surface area contributed by atoms with Gasteiger partial charge in [-0.3, -0.25) is 9.59 Å². The first-order valence-electron chi connectivity index (χ1n) is 10.1. The first kappa shape index (κ1) is 19.5. The lowest BCUT2D eigenvalue weighted by molar-refractivity contribution is -0.138. The molecule has 0 spiro atoms. The summed E-state index contributed by atoms with van der Waals surface area (Å²) in [7, 11) is 0. The maximum Gasteiger partial charge on any atom is 0.339 e. The fraction of sp³-hybridized carbons (Fsp3) is 0.500. The molecule has 2 amide bonds. The molecule has 154 valence electrons. The van der Waals surface area contributed by atoms with Crippen molar-refractivity contribution >= 4 is 22.8 Å². The Bertz CT molecular complexity index is 1050. The van der Waals surface area contributed by atoms with Gasteiger partial charge in [-0.05, 0) is 57.2 Å². The lowest BCUT2D eigenvalue weighted by atomic mass is 9.92. The molecular formula is C22H26N2O5. The Morgan fingerprint density at radius 2 is 2.07 bits per heavy atom. The lowest BCUT2D eigenvalue weighted by Gasteiger charge is -2.32. The van der Waals surface area contributed by atoms with E-state index in [1.807, 2.05) is 26.8 Å². The van der Waals surface area contributed by atoms with Crippen molar-refractivity contribution in [1.82, 2.24) is 10.2 Å². The summed E-state index contributed by atoms with van der Waals surface area (Å²) in [5.74, 6) is 0.489. The maximum absolute atomic E-state index is 12.6. The molecule has 0 unspecified atom stereocenters. The summed E-state index contributed by atoms with van der Waals surface area (Å²) in [6.07, 6.45) is 2.29. The van der Waals surface area contributed by atoms with Gasteiger partial charge < -0.3 is 19.4 Å². The second kappa shape index (κ2) is 7.21. The van der Waals surface area contributed by atoms with Crippen molar-refractivity contribution in [3.05, 3.63) is 39.2 Å². The second-order valence-corrected chi connectivity index (χ2v) is 8.48. The van der Waals surface area contributed by atoms with Crippen LogP contribution in [0.25, 0.3) is 11.0 Å². The van der Waals surface area contributed by atoms with Crippen LogP contribution < -0.4 is 15.7 Å². The zero-order chi connectivity index (χ0) is 20.8. The van der Waals surface area contributed by atoms with E-state index in [1.54, 1.807) is 6.07 Å². The van der Waals surface area contributed by atoms with Crippen molar-refractivity contribution in [2.24, 2.45) is 0 Å². The molecule has 0 bridgehead atoms. The van der Waals surface area contributed by atoms with E-state index in [0.29, 0.717) is 30.7 Å². The van der Waals surface area contributed by atoms with E-state index in [4.69, 9.17) is 9.15 Å². The van der Waals surface area contributed by atoms with E-state index < -0.39 is 5.63 Å². The van der Waals surface area contributed by atoms with Crippen LogP contribution >= 0.6 is 0 Å². The Kier molecular flexibility index (Phi) is 4.84. The number of benzene rings is 1. The Hall–Kier alpha value is -2.83. The first-order chi connectivity index (χ1) is 13.7. The predicted octanol–water partition coefficient (Wildman–Crippen LogP) is 2.10. The molecule has 0 atom stereocenters. The SMILES string of the molecule is Cc1c(CCC(=O)N2CCNC(=O)C2)c(=O)oc2cc3c(cc12)CCC(C)(C)O3. The van der Waals surface area contributed by atoms with Gasteiger partial charge in [0.2, 0.25) is 11.8 Å². The highest BCUT2D eigenvalue weighted by Crippen LogP contribution is 2.36. The molecule has 2 aliphatic rings. The normalized spacial score (nSPS) is 18.2. The molecule has 2 aromatic rings. The number of aryl methyl sites for hydroxylation is 2. The zero-order valence-corrected chi connectivity index (χ0v) is 17.1. The minimum atomic E-state index is -0.422. The first-order valence-corrected chi connectivity index (χ1v) is 10.1. The number of amides is 2. The summed E-state index contributed by atoms with van der Waals surface area (Å²) in [4.78, 5) is 38.1. The molecule has 2 aliphatic heterocycles. The summed E-state index contributed by atoms with van der Waals surface area (Å²) < 4.78 is 11.6. The van der Waals surface area contributed by atoms with Crippen molar-refractivity contribution in [1.29, 1.82) is 0 Å². The van der Waals surface area contributed by atoms with Gasteiger partial charge in [-0.1, -0.05) is 0 Å². The second-order valence-electron chi connectivity index (χ2n) is 8.48. The van der Waals surface area contributed by atoms with E-state index >= 15 is 0 Å². The van der Waals surface area contributed by atoms with Crippen molar-refractivity contribution in [2.45, 2.75) is 52.1 Å². The molecule has 3 heterocycles. The molecule has 1 aromatic heterocycles. The predicted molar refractivity (Wildman–Crippen MR) is 108 cm³/mol. The van der Waals surface area contributed by atoms with Gasteiger partial charge in [-0.2, -0.15) is 0 Å². The molecule has 4 rings (SSSR count). The van der Waals surface area contributed by atoms with Crippen LogP contribution in [0.1, 0.15) is 43.4 Å². The monoisotopic (exact) mass is 398 g/mol. The van der Waals surface area contributed by atoms with Crippen LogP contribution in [0, 0.1) is 6.92 Å². The third-order valence-corrected chi connectivity index (χ3v) is 5.83. The largest absolute Gasteiger partial charge is 0.487 e. The summed E-state index contributed by atoms with van der Waals surface area (Å²) in [5.41, 5.74) is 2.32. The molecule has 1 fully saturated rings. The Balaban J connectivity index is 1.59. The van der Waals surface area contributed by atoms with Gasteiger partial charge in [-0.25, -0.2) is 4.79 Å². The molecule has 1 saturated heterocycles. The average molecular weight is 398 g/mol. The third kappa shape index (κ3) is 3.86. The van der Waals surface area contributed by atoms with E-state index in [0.717, 1.165) is 35.1 Å². The van der Waals surface area contributed by atoms with Crippen LogP contribution in [-0.4, -0.2) is 41.9 Å². The average Bonchev–Trinajstić information content (AvgIpc) is 2.66. The van der Waals surface area contributed by atoms with Crippen molar-refractivity contribution in [3.63, 3.8) is 0 Å². The fourth-order valence-corrected chi connectivity index (χ4v) is 4.07. The van der Waals surface area contributed by atoms with Crippen LogP contribution in [0.3, 0.4) is 0 Å². The minimum absolute atomic E-state index is 0.0760. The van der Waals surface area contributed by atoms with Gasteiger partial charge in [0.15, 0.2) is 0 Å². The number of nitrogens with one attached hydrogen (secondary N) is 1. The Morgan fingerprint density at radius 3 is 2.83 bits per heavy atom. The van der Waals surface area contributed by atoms with Gasteiger partial charge >= 0.3 is 5.63 Å². The maximum atomic E-state index is 12.6. The number of ether oxygens (including phenoxy) is 1. The number of hydrogen-bond donors (Lipinski definition) is 1.